The van der Waals surface area contributed by atoms with Crippen LogP contribution in [0.5, 0.6) is 5.75 Å². The van der Waals surface area contributed by atoms with Gasteiger partial charge in [-0.05, 0) is 48.2 Å². The third kappa shape index (κ3) is 9.30. The smallest absolute Gasteiger partial charge is 0.191 e. The maximum atomic E-state index is 12.9. The highest BCUT2D eigenvalue weighted by Crippen LogP contribution is 2.13. The Labute approximate surface area is 207 Å². The molecule has 0 amide bonds. The van der Waals surface area contributed by atoms with Gasteiger partial charge in [0.2, 0.25) is 0 Å². The summed E-state index contributed by atoms with van der Waals surface area (Å²) in [7, 11) is 1.78. The van der Waals surface area contributed by atoms with Gasteiger partial charge in [0.1, 0.15) is 11.6 Å². The third-order valence-corrected chi connectivity index (χ3v) is 5.23. The van der Waals surface area contributed by atoms with Crippen LogP contribution < -0.4 is 15.4 Å². The van der Waals surface area contributed by atoms with Crippen molar-refractivity contribution < 1.29 is 13.9 Å². The molecule has 0 bridgehead atoms. The van der Waals surface area contributed by atoms with E-state index in [9.17, 15) is 4.39 Å². The molecule has 32 heavy (non-hydrogen) atoms. The van der Waals surface area contributed by atoms with E-state index in [2.05, 4.69) is 44.8 Å². The number of benzene rings is 2. The van der Waals surface area contributed by atoms with Gasteiger partial charge >= 0.3 is 0 Å². The predicted molar refractivity (Wildman–Crippen MR) is 137 cm³/mol. The molecule has 0 aliphatic carbocycles. The molecule has 2 aromatic rings. The van der Waals surface area contributed by atoms with Gasteiger partial charge in [-0.25, -0.2) is 4.39 Å². The average Bonchev–Trinajstić information content (AvgIpc) is 2.81. The van der Waals surface area contributed by atoms with E-state index in [1.54, 1.807) is 19.2 Å². The normalized spacial score (nSPS) is 14.5. The highest BCUT2D eigenvalue weighted by atomic mass is 127. The van der Waals surface area contributed by atoms with Crippen LogP contribution in [0.3, 0.4) is 0 Å². The van der Waals surface area contributed by atoms with Crippen LogP contribution in [0.1, 0.15) is 24.0 Å². The second-order valence-electron chi connectivity index (χ2n) is 7.52. The lowest BCUT2D eigenvalue weighted by Gasteiger charge is -2.27. The van der Waals surface area contributed by atoms with Gasteiger partial charge in [0.05, 0.1) is 19.8 Å². The fraction of sp³-hybridized carbons (Fsp3) is 0.458. The average molecular weight is 556 g/mol. The van der Waals surface area contributed by atoms with Crippen molar-refractivity contribution >= 4 is 29.9 Å². The number of unbranched alkanes of at least 4 members (excludes halogenated alkanes) is 1. The molecule has 1 saturated heterocycles. The lowest BCUT2D eigenvalue weighted by atomic mass is 10.1. The molecule has 6 nitrogen and oxygen atoms in total. The standard InChI is InChI=1S/C24H33FN4O2.HI/c1-26-24(27-12-4-5-15-31-23-10-8-22(25)9-11-23)28-18-20-6-2-3-7-21(20)19-29-13-16-30-17-14-29;/h2-3,6-11H,4-5,12-19H2,1H3,(H2,26,27,28);1H. The molecule has 176 valence electrons. The Morgan fingerprint density at radius 3 is 2.47 bits per heavy atom. The quantitative estimate of drug-likeness (QED) is 0.202. The second-order valence-corrected chi connectivity index (χ2v) is 7.52. The van der Waals surface area contributed by atoms with Crippen LogP contribution >= 0.6 is 24.0 Å². The summed E-state index contributed by atoms with van der Waals surface area (Å²) in [4.78, 5) is 6.76. The number of hydrogen-bond acceptors (Lipinski definition) is 4. The summed E-state index contributed by atoms with van der Waals surface area (Å²) in [6, 6.07) is 14.7. The van der Waals surface area contributed by atoms with E-state index < -0.39 is 0 Å². The highest BCUT2D eigenvalue weighted by molar-refractivity contribution is 14.0. The summed E-state index contributed by atoms with van der Waals surface area (Å²) < 4.78 is 24.0. The van der Waals surface area contributed by atoms with E-state index in [0.717, 1.165) is 64.7 Å². The summed E-state index contributed by atoms with van der Waals surface area (Å²) in [6.07, 6.45) is 1.86. The molecule has 8 heteroatoms. The molecule has 1 aliphatic heterocycles. The summed E-state index contributed by atoms with van der Waals surface area (Å²) in [5.74, 6) is 1.24. The number of morpholine rings is 1. The number of rotatable bonds is 10. The number of nitrogens with one attached hydrogen (secondary N) is 2. The summed E-state index contributed by atoms with van der Waals surface area (Å²) in [5.41, 5.74) is 2.62. The van der Waals surface area contributed by atoms with Crippen LogP contribution in [0.2, 0.25) is 0 Å². The van der Waals surface area contributed by atoms with Crippen LogP contribution in [0, 0.1) is 5.82 Å². The Morgan fingerprint density at radius 2 is 1.75 bits per heavy atom. The second kappa shape index (κ2) is 15.0. The third-order valence-electron chi connectivity index (χ3n) is 5.23. The zero-order valence-corrected chi connectivity index (χ0v) is 21.0. The van der Waals surface area contributed by atoms with Crippen LogP contribution in [0.15, 0.2) is 53.5 Å². The van der Waals surface area contributed by atoms with E-state index >= 15 is 0 Å². The van der Waals surface area contributed by atoms with Gasteiger partial charge in [0, 0.05) is 39.8 Å². The number of hydrogen-bond donors (Lipinski definition) is 2. The number of nitrogens with zero attached hydrogens (tertiary/aromatic N) is 2. The summed E-state index contributed by atoms with van der Waals surface area (Å²) >= 11 is 0. The largest absolute Gasteiger partial charge is 0.494 e. The van der Waals surface area contributed by atoms with Gasteiger partial charge < -0.3 is 20.1 Å². The maximum Gasteiger partial charge on any atom is 0.191 e. The molecule has 0 atom stereocenters. The van der Waals surface area contributed by atoms with Crippen molar-refractivity contribution in [1.82, 2.24) is 15.5 Å². The molecular weight excluding hydrogens is 522 g/mol. The Balaban J connectivity index is 0.00000363. The first-order valence-electron chi connectivity index (χ1n) is 10.9. The lowest BCUT2D eigenvalue weighted by Crippen LogP contribution is -2.38. The molecule has 1 heterocycles. The molecule has 1 aliphatic rings. The molecule has 0 unspecified atom stereocenters. The minimum absolute atomic E-state index is 0. The molecule has 2 N–H and O–H groups in total. The fourth-order valence-electron chi connectivity index (χ4n) is 3.44. The number of aliphatic imine (C=N–C) groups is 1. The van der Waals surface area contributed by atoms with Gasteiger partial charge in [0.25, 0.3) is 0 Å². The van der Waals surface area contributed by atoms with Crippen LogP contribution in [-0.2, 0) is 17.8 Å². The van der Waals surface area contributed by atoms with Crippen LogP contribution in [0.4, 0.5) is 4.39 Å². The number of guanidine groups is 1. The highest BCUT2D eigenvalue weighted by Gasteiger charge is 2.12. The molecule has 3 rings (SSSR count). The first-order chi connectivity index (χ1) is 15.2. The Kier molecular flexibility index (Phi) is 12.4. The van der Waals surface area contributed by atoms with Gasteiger partial charge in [-0.15, -0.1) is 24.0 Å². The monoisotopic (exact) mass is 556 g/mol. The zero-order chi connectivity index (χ0) is 21.7. The Bertz CT molecular complexity index is 814. The maximum absolute atomic E-state index is 12.9. The molecule has 0 aromatic heterocycles. The molecule has 0 saturated carbocycles. The minimum atomic E-state index is -0.251. The van der Waals surface area contributed by atoms with Gasteiger partial charge in [-0.2, -0.15) is 0 Å². The van der Waals surface area contributed by atoms with Crippen molar-refractivity contribution in [2.75, 3.05) is 46.5 Å². The zero-order valence-electron chi connectivity index (χ0n) is 18.7. The van der Waals surface area contributed by atoms with E-state index in [4.69, 9.17) is 9.47 Å². The summed E-state index contributed by atoms with van der Waals surface area (Å²) in [5, 5.41) is 6.77. The molecule has 0 radical (unpaired) electrons. The molecule has 0 spiro atoms. The Morgan fingerprint density at radius 1 is 1.03 bits per heavy atom. The topological polar surface area (TPSA) is 58.1 Å². The van der Waals surface area contributed by atoms with Crippen molar-refractivity contribution in [3.05, 3.63) is 65.5 Å². The van der Waals surface area contributed by atoms with Gasteiger partial charge in [-0.1, -0.05) is 24.3 Å². The van der Waals surface area contributed by atoms with Crippen molar-refractivity contribution in [3.63, 3.8) is 0 Å². The first-order valence-corrected chi connectivity index (χ1v) is 10.9. The van der Waals surface area contributed by atoms with E-state index in [1.165, 1.54) is 23.3 Å². The Hall–Kier alpha value is -1.91. The van der Waals surface area contributed by atoms with E-state index in [0.29, 0.717) is 12.4 Å². The number of ether oxygens (including phenoxy) is 2. The van der Waals surface area contributed by atoms with Crippen molar-refractivity contribution in [2.45, 2.75) is 25.9 Å². The van der Waals surface area contributed by atoms with Crippen molar-refractivity contribution in [2.24, 2.45) is 4.99 Å². The number of halogens is 2. The SMILES string of the molecule is CN=C(NCCCCOc1ccc(F)cc1)NCc1ccccc1CN1CCOCC1.I. The summed E-state index contributed by atoms with van der Waals surface area (Å²) in [6.45, 7) is 6.68. The van der Waals surface area contributed by atoms with Crippen LogP contribution in [0.25, 0.3) is 0 Å². The first kappa shape index (κ1) is 26.3. The lowest BCUT2D eigenvalue weighted by molar-refractivity contribution is 0.0341. The van der Waals surface area contributed by atoms with Gasteiger partial charge in [-0.3, -0.25) is 9.89 Å². The molecule has 2 aromatic carbocycles. The van der Waals surface area contributed by atoms with Crippen molar-refractivity contribution in [1.29, 1.82) is 0 Å². The van der Waals surface area contributed by atoms with Crippen molar-refractivity contribution in [3.8, 4) is 5.75 Å². The van der Waals surface area contributed by atoms with Crippen LogP contribution in [-0.4, -0.2) is 57.4 Å². The predicted octanol–water partition coefficient (Wildman–Crippen LogP) is 3.80. The molecule has 1 fully saturated rings. The molecular formula is C24H34FIN4O2. The van der Waals surface area contributed by atoms with E-state index in [-0.39, 0.29) is 29.8 Å². The fourth-order valence-corrected chi connectivity index (χ4v) is 3.44. The minimum Gasteiger partial charge on any atom is -0.494 e. The van der Waals surface area contributed by atoms with Gasteiger partial charge in [0.15, 0.2) is 5.96 Å². The van der Waals surface area contributed by atoms with E-state index in [1.807, 2.05) is 0 Å².